The molecule has 3 aromatic rings. The molecule has 3 rings (SSSR count). The van der Waals surface area contributed by atoms with Gasteiger partial charge in [0.1, 0.15) is 12.0 Å². The minimum atomic E-state index is -0.264. The molecule has 1 heterocycles. The van der Waals surface area contributed by atoms with Gasteiger partial charge in [-0.1, -0.05) is 59.6 Å². The Kier molecular flexibility index (Phi) is 5.31. The zero-order valence-corrected chi connectivity index (χ0v) is 14.9. The van der Waals surface area contributed by atoms with Crippen molar-refractivity contribution < 1.29 is 4.79 Å². The van der Waals surface area contributed by atoms with Gasteiger partial charge < -0.3 is 5.32 Å². The van der Waals surface area contributed by atoms with Crippen molar-refractivity contribution in [1.29, 1.82) is 0 Å². The quantitative estimate of drug-likeness (QED) is 0.706. The highest BCUT2D eigenvalue weighted by Gasteiger charge is 2.14. The summed E-state index contributed by atoms with van der Waals surface area (Å²) in [7, 11) is 0. The van der Waals surface area contributed by atoms with E-state index in [4.69, 9.17) is 23.2 Å². The first kappa shape index (κ1) is 17.4. The molecule has 1 aromatic heterocycles. The average molecular weight is 372 g/mol. The van der Waals surface area contributed by atoms with Gasteiger partial charge in [0.2, 0.25) is 0 Å². The van der Waals surface area contributed by atoms with Gasteiger partial charge in [-0.15, -0.1) is 0 Å². The number of hydrogen-bond acceptors (Lipinski definition) is 3. The Morgan fingerprint density at radius 3 is 2.48 bits per heavy atom. The summed E-state index contributed by atoms with van der Waals surface area (Å²) < 4.78 is 0. The third kappa shape index (κ3) is 4.16. The number of carbonyl (C=O) groups is 1. The molecule has 126 valence electrons. The van der Waals surface area contributed by atoms with E-state index in [1.165, 1.54) is 6.33 Å². The van der Waals surface area contributed by atoms with Crippen molar-refractivity contribution in [1.82, 2.24) is 15.3 Å². The SMILES string of the molecule is CC(NC(=O)c1cc(-c2ccc(Cl)c(Cl)c2)ncn1)c1ccccc1. The van der Waals surface area contributed by atoms with Crippen LogP contribution in [0.25, 0.3) is 11.3 Å². The van der Waals surface area contributed by atoms with Crippen LogP contribution in [0.5, 0.6) is 0 Å². The zero-order chi connectivity index (χ0) is 17.8. The first-order chi connectivity index (χ1) is 12.0. The van der Waals surface area contributed by atoms with Crippen LogP contribution in [-0.4, -0.2) is 15.9 Å². The lowest BCUT2D eigenvalue weighted by atomic mass is 10.1. The monoisotopic (exact) mass is 371 g/mol. The molecule has 2 aromatic carbocycles. The standard InChI is InChI=1S/C19H15Cl2N3O/c1-12(13-5-3-2-4-6-13)24-19(25)18-10-17(22-11-23-18)14-7-8-15(20)16(21)9-14/h2-12H,1H3,(H,24,25). The van der Waals surface area contributed by atoms with Crippen LogP contribution in [0.1, 0.15) is 29.0 Å². The minimum absolute atomic E-state index is 0.128. The van der Waals surface area contributed by atoms with Crippen LogP contribution in [-0.2, 0) is 0 Å². The van der Waals surface area contributed by atoms with Gasteiger partial charge in [0, 0.05) is 5.56 Å². The van der Waals surface area contributed by atoms with Gasteiger partial charge in [-0.3, -0.25) is 4.79 Å². The lowest BCUT2D eigenvalue weighted by molar-refractivity contribution is 0.0934. The van der Waals surface area contributed by atoms with Crippen molar-refractivity contribution in [3.05, 3.63) is 82.2 Å². The Bertz CT molecular complexity index is 900. The third-order valence-electron chi connectivity index (χ3n) is 3.76. The minimum Gasteiger partial charge on any atom is -0.344 e. The first-order valence-corrected chi connectivity index (χ1v) is 8.43. The average Bonchev–Trinajstić information content (AvgIpc) is 2.64. The van der Waals surface area contributed by atoms with Crippen molar-refractivity contribution in [2.75, 3.05) is 0 Å². The molecule has 0 radical (unpaired) electrons. The molecule has 0 spiro atoms. The molecular weight excluding hydrogens is 357 g/mol. The summed E-state index contributed by atoms with van der Waals surface area (Å²) >= 11 is 12.0. The Morgan fingerprint density at radius 1 is 1.00 bits per heavy atom. The summed E-state index contributed by atoms with van der Waals surface area (Å²) in [4.78, 5) is 20.8. The molecule has 0 saturated heterocycles. The van der Waals surface area contributed by atoms with Gasteiger partial charge in [0.25, 0.3) is 5.91 Å². The van der Waals surface area contributed by atoms with E-state index in [2.05, 4.69) is 15.3 Å². The molecule has 0 saturated carbocycles. The van der Waals surface area contributed by atoms with Crippen LogP contribution in [0.2, 0.25) is 10.0 Å². The van der Waals surface area contributed by atoms with Gasteiger partial charge in [-0.2, -0.15) is 0 Å². The van der Waals surface area contributed by atoms with Gasteiger partial charge in [0.15, 0.2) is 0 Å². The fourth-order valence-corrected chi connectivity index (χ4v) is 2.69. The van der Waals surface area contributed by atoms with Crippen molar-refractivity contribution >= 4 is 29.1 Å². The van der Waals surface area contributed by atoms with Crippen LogP contribution < -0.4 is 5.32 Å². The maximum atomic E-state index is 12.5. The van der Waals surface area contributed by atoms with E-state index in [0.29, 0.717) is 21.4 Å². The summed E-state index contributed by atoms with van der Waals surface area (Å²) in [5, 5.41) is 3.83. The van der Waals surface area contributed by atoms with E-state index in [0.717, 1.165) is 11.1 Å². The van der Waals surface area contributed by atoms with E-state index in [-0.39, 0.29) is 11.9 Å². The maximum absolute atomic E-state index is 12.5. The summed E-state index contributed by atoms with van der Waals surface area (Å²) in [6.07, 6.45) is 1.36. The van der Waals surface area contributed by atoms with Crippen LogP contribution in [0.15, 0.2) is 60.9 Å². The zero-order valence-electron chi connectivity index (χ0n) is 13.4. The van der Waals surface area contributed by atoms with Crippen molar-refractivity contribution in [2.45, 2.75) is 13.0 Å². The number of halogens is 2. The van der Waals surface area contributed by atoms with Crippen LogP contribution in [0.3, 0.4) is 0 Å². The fourth-order valence-electron chi connectivity index (χ4n) is 2.39. The number of benzene rings is 2. The number of amides is 1. The number of nitrogens with zero attached hydrogens (tertiary/aromatic N) is 2. The number of nitrogens with one attached hydrogen (secondary N) is 1. The highest BCUT2D eigenvalue weighted by molar-refractivity contribution is 6.42. The predicted octanol–water partition coefficient (Wildman–Crippen LogP) is 4.94. The molecule has 0 bridgehead atoms. The second-order valence-corrected chi connectivity index (χ2v) is 6.34. The van der Waals surface area contributed by atoms with Crippen LogP contribution in [0.4, 0.5) is 0 Å². The molecule has 25 heavy (non-hydrogen) atoms. The highest BCUT2D eigenvalue weighted by atomic mass is 35.5. The lowest BCUT2D eigenvalue weighted by Gasteiger charge is -2.14. The van der Waals surface area contributed by atoms with Gasteiger partial charge >= 0.3 is 0 Å². The van der Waals surface area contributed by atoms with E-state index in [1.54, 1.807) is 24.3 Å². The second-order valence-electron chi connectivity index (χ2n) is 5.52. The molecule has 0 fully saturated rings. The molecule has 4 nitrogen and oxygen atoms in total. The van der Waals surface area contributed by atoms with Crippen molar-refractivity contribution in [2.24, 2.45) is 0 Å². The molecule has 6 heteroatoms. The second kappa shape index (κ2) is 7.64. The molecule has 0 aliphatic heterocycles. The van der Waals surface area contributed by atoms with E-state index < -0.39 is 0 Å². The van der Waals surface area contributed by atoms with Gasteiger partial charge in [-0.25, -0.2) is 9.97 Å². The normalized spacial score (nSPS) is 11.8. The summed E-state index contributed by atoms with van der Waals surface area (Å²) in [5.74, 6) is -0.264. The van der Waals surface area contributed by atoms with Gasteiger partial charge in [-0.05, 0) is 30.7 Å². The molecule has 0 aliphatic carbocycles. The molecule has 1 amide bonds. The third-order valence-corrected chi connectivity index (χ3v) is 4.50. The molecule has 1 atom stereocenters. The first-order valence-electron chi connectivity index (χ1n) is 7.68. The van der Waals surface area contributed by atoms with E-state index >= 15 is 0 Å². The fraction of sp³-hybridized carbons (Fsp3) is 0.105. The maximum Gasteiger partial charge on any atom is 0.270 e. The molecule has 1 unspecified atom stereocenters. The smallest absolute Gasteiger partial charge is 0.270 e. The molecule has 1 N–H and O–H groups in total. The van der Waals surface area contributed by atoms with Crippen LogP contribution >= 0.6 is 23.2 Å². The number of carbonyl (C=O) groups excluding carboxylic acids is 1. The van der Waals surface area contributed by atoms with Crippen molar-refractivity contribution in [3.63, 3.8) is 0 Å². The topological polar surface area (TPSA) is 54.9 Å². The van der Waals surface area contributed by atoms with Gasteiger partial charge in [0.05, 0.1) is 21.8 Å². The number of hydrogen-bond donors (Lipinski definition) is 1. The summed E-state index contributed by atoms with van der Waals surface area (Å²) in [6.45, 7) is 1.92. The summed E-state index contributed by atoms with van der Waals surface area (Å²) in [5.41, 5.74) is 2.68. The predicted molar refractivity (Wildman–Crippen MR) is 99.8 cm³/mol. The number of aromatic nitrogens is 2. The largest absolute Gasteiger partial charge is 0.344 e. The Hall–Kier alpha value is -2.43. The molecular formula is C19H15Cl2N3O. The van der Waals surface area contributed by atoms with E-state index in [1.807, 2.05) is 37.3 Å². The lowest BCUT2D eigenvalue weighted by Crippen LogP contribution is -2.27. The Morgan fingerprint density at radius 2 is 1.76 bits per heavy atom. The van der Waals surface area contributed by atoms with E-state index in [9.17, 15) is 4.79 Å². The summed E-state index contributed by atoms with van der Waals surface area (Å²) in [6, 6.07) is 16.4. The Balaban J connectivity index is 1.81. The van der Waals surface area contributed by atoms with Crippen molar-refractivity contribution in [3.8, 4) is 11.3 Å². The van der Waals surface area contributed by atoms with Crippen LogP contribution in [0, 0.1) is 0 Å². The number of rotatable bonds is 4. The highest BCUT2D eigenvalue weighted by Crippen LogP contribution is 2.27. The molecule has 0 aliphatic rings. The Labute approximate surface area is 155 Å².